The monoisotopic (exact) mass is 336 g/mol. The first-order valence-corrected chi connectivity index (χ1v) is 7.55. The molecule has 2 rings (SSSR count). The van der Waals surface area contributed by atoms with Gasteiger partial charge in [-0.3, -0.25) is 0 Å². The lowest BCUT2D eigenvalue weighted by molar-refractivity contribution is 0.481. The lowest BCUT2D eigenvalue weighted by atomic mass is 10.0. The number of furan rings is 1. The highest BCUT2D eigenvalue weighted by Gasteiger charge is 2.11. The summed E-state index contributed by atoms with van der Waals surface area (Å²) in [5.74, 6) is 1.92. The Bertz CT molecular complexity index is 578. The SMILES string of the molecule is Cc1ccc(CN(C)c2ccc(Br)cc2CC(C)N)o1. The molecular weight excluding hydrogens is 316 g/mol. The van der Waals surface area contributed by atoms with E-state index in [0.717, 1.165) is 29.0 Å². The number of nitrogens with two attached hydrogens (primary N) is 1. The van der Waals surface area contributed by atoms with Gasteiger partial charge in [0.05, 0.1) is 6.54 Å². The molecule has 2 aromatic rings. The van der Waals surface area contributed by atoms with Crippen molar-refractivity contribution in [2.45, 2.75) is 32.9 Å². The van der Waals surface area contributed by atoms with Crippen molar-refractivity contribution in [3.05, 3.63) is 51.9 Å². The molecule has 0 saturated carbocycles. The van der Waals surface area contributed by atoms with Gasteiger partial charge in [0, 0.05) is 23.2 Å². The van der Waals surface area contributed by atoms with Crippen LogP contribution in [0.2, 0.25) is 0 Å². The van der Waals surface area contributed by atoms with Crippen molar-refractivity contribution in [1.29, 1.82) is 0 Å². The van der Waals surface area contributed by atoms with Crippen LogP contribution in [0.25, 0.3) is 0 Å². The van der Waals surface area contributed by atoms with Gasteiger partial charge in [0.25, 0.3) is 0 Å². The highest BCUT2D eigenvalue weighted by Crippen LogP contribution is 2.26. The van der Waals surface area contributed by atoms with Gasteiger partial charge in [0.15, 0.2) is 0 Å². The summed E-state index contributed by atoms with van der Waals surface area (Å²) < 4.78 is 6.73. The Balaban J connectivity index is 2.21. The number of anilines is 1. The Morgan fingerprint density at radius 1 is 1.30 bits per heavy atom. The van der Waals surface area contributed by atoms with Gasteiger partial charge < -0.3 is 15.1 Å². The minimum Gasteiger partial charge on any atom is -0.464 e. The molecule has 0 bridgehead atoms. The van der Waals surface area contributed by atoms with Gasteiger partial charge in [-0.2, -0.15) is 0 Å². The summed E-state index contributed by atoms with van der Waals surface area (Å²) in [7, 11) is 2.08. The summed E-state index contributed by atoms with van der Waals surface area (Å²) in [6.45, 7) is 4.74. The molecule has 1 unspecified atom stereocenters. The number of halogens is 1. The number of hydrogen-bond donors (Lipinski definition) is 1. The fraction of sp³-hybridized carbons (Fsp3) is 0.375. The molecule has 1 aromatic carbocycles. The van der Waals surface area contributed by atoms with Gasteiger partial charge in [0.2, 0.25) is 0 Å². The average molecular weight is 337 g/mol. The lowest BCUT2D eigenvalue weighted by Crippen LogP contribution is -2.22. The predicted molar refractivity (Wildman–Crippen MR) is 87.0 cm³/mol. The Hall–Kier alpha value is -1.26. The van der Waals surface area contributed by atoms with Crippen LogP contribution in [0.3, 0.4) is 0 Å². The smallest absolute Gasteiger partial charge is 0.123 e. The van der Waals surface area contributed by atoms with E-state index in [4.69, 9.17) is 10.2 Å². The third-order valence-corrected chi connectivity index (χ3v) is 3.68. The van der Waals surface area contributed by atoms with Gasteiger partial charge >= 0.3 is 0 Å². The van der Waals surface area contributed by atoms with E-state index in [9.17, 15) is 0 Å². The first-order chi connectivity index (χ1) is 9.45. The van der Waals surface area contributed by atoms with E-state index in [2.05, 4.69) is 46.1 Å². The maximum atomic E-state index is 5.95. The highest BCUT2D eigenvalue weighted by atomic mass is 79.9. The molecule has 0 radical (unpaired) electrons. The van der Waals surface area contributed by atoms with E-state index in [0.29, 0.717) is 0 Å². The minimum absolute atomic E-state index is 0.141. The van der Waals surface area contributed by atoms with Crippen LogP contribution in [0.4, 0.5) is 5.69 Å². The third kappa shape index (κ3) is 3.87. The quantitative estimate of drug-likeness (QED) is 0.900. The molecule has 20 heavy (non-hydrogen) atoms. The molecule has 0 fully saturated rings. The second-order valence-corrected chi connectivity index (χ2v) is 6.24. The number of benzene rings is 1. The first kappa shape index (κ1) is 15.1. The van der Waals surface area contributed by atoms with Crippen LogP contribution in [-0.2, 0) is 13.0 Å². The average Bonchev–Trinajstić information content (AvgIpc) is 2.73. The van der Waals surface area contributed by atoms with E-state index in [-0.39, 0.29) is 6.04 Å². The van der Waals surface area contributed by atoms with E-state index < -0.39 is 0 Å². The standard InChI is InChI=1S/C16H21BrN2O/c1-11(18)8-13-9-14(17)5-7-16(13)19(3)10-15-6-4-12(2)20-15/h4-7,9,11H,8,10,18H2,1-3H3. The molecule has 1 aromatic heterocycles. The molecule has 0 aliphatic heterocycles. The van der Waals surface area contributed by atoms with Crippen LogP contribution in [-0.4, -0.2) is 13.1 Å². The van der Waals surface area contributed by atoms with Crippen LogP contribution in [0, 0.1) is 6.92 Å². The summed E-state index contributed by atoms with van der Waals surface area (Å²) in [4.78, 5) is 2.20. The van der Waals surface area contributed by atoms with Crippen molar-refractivity contribution in [3.8, 4) is 0 Å². The Morgan fingerprint density at radius 2 is 2.05 bits per heavy atom. The zero-order valence-corrected chi connectivity index (χ0v) is 13.8. The van der Waals surface area contributed by atoms with Crippen LogP contribution in [0.5, 0.6) is 0 Å². The van der Waals surface area contributed by atoms with Crippen LogP contribution in [0.15, 0.2) is 39.2 Å². The molecule has 0 amide bonds. The third-order valence-electron chi connectivity index (χ3n) is 3.18. The molecule has 0 spiro atoms. The maximum absolute atomic E-state index is 5.95. The molecule has 108 valence electrons. The van der Waals surface area contributed by atoms with Gasteiger partial charge in [-0.15, -0.1) is 0 Å². The summed E-state index contributed by atoms with van der Waals surface area (Å²) in [5.41, 5.74) is 8.39. The van der Waals surface area contributed by atoms with Crippen LogP contribution < -0.4 is 10.6 Å². The number of nitrogens with zero attached hydrogens (tertiary/aromatic N) is 1. The maximum Gasteiger partial charge on any atom is 0.123 e. The Labute approximate surface area is 128 Å². The summed E-state index contributed by atoms with van der Waals surface area (Å²) >= 11 is 3.53. The normalized spacial score (nSPS) is 12.4. The fourth-order valence-electron chi connectivity index (χ4n) is 2.33. The summed E-state index contributed by atoms with van der Waals surface area (Å²) in [6.07, 6.45) is 0.857. The van der Waals surface area contributed by atoms with Gasteiger partial charge in [-0.25, -0.2) is 0 Å². The predicted octanol–water partition coefficient (Wildman–Crippen LogP) is 3.88. The van der Waals surface area contributed by atoms with E-state index >= 15 is 0 Å². The number of rotatable bonds is 5. The van der Waals surface area contributed by atoms with E-state index in [1.807, 2.05) is 26.0 Å². The first-order valence-electron chi connectivity index (χ1n) is 6.76. The fourth-order valence-corrected chi connectivity index (χ4v) is 2.73. The molecule has 1 atom stereocenters. The molecule has 3 nitrogen and oxygen atoms in total. The highest BCUT2D eigenvalue weighted by molar-refractivity contribution is 9.10. The van der Waals surface area contributed by atoms with Crippen molar-refractivity contribution in [3.63, 3.8) is 0 Å². The van der Waals surface area contributed by atoms with E-state index in [1.54, 1.807) is 0 Å². The van der Waals surface area contributed by atoms with Crippen molar-refractivity contribution < 1.29 is 4.42 Å². The number of hydrogen-bond acceptors (Lipinski definition) is 3. The summed E-state index contributed by atoms with van der Waals surface area (Å²) in [6, 6.07) is 10.5. The van der Waals surface area contributed by atoms with Crippen molar-refractivity contribution in [1.82, 2.24) is 0 Å². The van der Waals surface area contributed by atoms with Gasteiger partial charge in [-0.05, 0) is 56.2 Å². The van der Waals surface area contributed by atoms with E-state index in [1.165, 1.54) is 11.3 Å². The topological polar surface area (TPSA) is 42.4 Å². The Kier molecular flexibility index (Phi) is 4.89. The largest absolute Gasteiger partial charge is 0.464 e. The Morgan fingerprint density at radius 3 is 2.65 bits per heavy atom. The molecule has 2 N–H and O–H groups in total. The zero-order valence-electron chi connectivity index (χ0n) is 12.2. The zero-order chi connectivity index (χ0) is 14.7. The minimum atomic E-state index is 0.141. The van der Waals surface area contributed by atoms with Gasteiger partial charge in [0.1, 0.15) is 11.5 Å². The molecule has 0 saturated heterocycles. The lowest BCUT2D eigenvalue weighted by Gasteiger charge is -2.22. The summed E-state index contributed by atoms with van der Waals surface area (Å²) in [5, 5.41) is 0. The van der Waals surface area contributed by atoms with Crippen molar-refractivity contribution in [2.24, 2.45) is 5.73 Å². The van der Waals surface area contributed by atoms with Gasteiger partial charge in [-0.1, -0.05) is 15.9 Å². The second-order valence-electron chi connectivity index (χ2n) is 5.32. The van der Waals surface area contributed by atoms with Crippen LogP contribution in [0.1, 0.15) is 24.0 Å². The number of aryl methyl sites for hydroxylation is 1. The molecule has 4 heteroatoms. The molecule has 0 aliphatic carbocycles. The molecule has 0 aliphatic rings. The molecule has 1 heterocycles. The van der Waals surface area contributed by atoms with Crippen molar-refractivity contribution >= 4 is 21.6 Å². The van der Waals surface area contributed by atoms with Crippen LogP contribution >= 0.6 is 15.9 Å². The molecular formula is C16H21BrN2O. The van der Waals surface area contributed by atoms with Crippen molar-refractivity contribution in [2.75, 3.05) is 11.9 Å². The second kappa shape index (κ2) is 6.46.